The highest BCUT2D eigenvalue weighted by Gasteiger charge is 2.32. The maximum atomic E-state index is 13.2. The third-order valence-electron chi connectivity index (χ3n) is 5.63. The summed E-state index contributed by atoms with van der Waals surface area (Å²) in [4.78, 5) is 61.1. The summed E-state index contributed by atoms with van der Waals surface area (Å²) >= 11 is 0. The first-order chi connectivity index (χ1) is 16.9. The van der Waals surface area contributed by atoms with E-state index in [9.17, 15) is 34.2 Å². The van der Waals surface area contributed by atoms with Crippen LogP contribution >= 0.6 is 0 Å². The number of aromatic hydroxyl groups is 1. The number of aliphatic hydroxyl groups excluding tert-OH is 1. The number of hydrogen-bond donors (Lipinski definition) is 8. The first-order valence-corrected chi connectivity index (χ1v) is 11.5. The molecule has 0 aliphatic rings. The molecule has 0 saturated heterocycles. The fourth-order valence-corrected chi connectivity index (χ4v) is 3.20. The van der Waals surface area contributed by atoms with E-state index < -0.39 is 60.4 Å². The quantitative estimate of drug-likeness (QED) is 0.132. The van der Waals surface area contributed by atoms with E-state index in [4.69, 9.17) is 16.6 Å². The van der Waals surface area contributed by atoms with Crippen LogP contribution in [0.25, 0.3) is 0 Å². The average molecular weight is 510 g/mol. The highest BCUT2D eigenvalue weighted by Crippen LogP contribution is 2.13. The summed E-state index contributed by atoms with van der Waals surface area (Å²) in [6.45, 7) is 2.86. The Kier molecular flexibility index (Phi) is 12.3. The maximum absolute atomic E-state index is 13.2. The fourth-order valence-electron chi connectivity index (χ4n) is 3.20. The summed E-state index contributed by atoms with van der Waals surface area (Å²) in [5.41, 5.74) is 11.2. The molecule has 13 nitrogen and oxygen atoms in total. The third kappa shape index (κ3) is 9.88. The molecule has 10 N–H and O–H groups in total. The maximum Gasteiger partial charge on any atom is 0.326 e. The van der Waals surface area contributed by atoms with Crippen molar-refractivity contribution >= 4 is 29.6 Å². The lowest BCUT2D eigenvalue weighted by Crippen LogP contribution is -2.59. The average Bonchev–Trinajstić information content (AvgIpc) is 2.84. The second kappa shape index (κ2) is 14.6. The van der Waals surface area contributed by atoms with E-state index in [2.05, 4.69) is 16.0 Å². The Hall–Kier alpha value is -3.71. The molecule has 200 valence electrons. The molecule has 0 aliphatic carbocycles. The van der Waals surface area contributed by atoms with Crippen LogP contribution in [-0.2, 0) is 30.4 Å². The normalized spacial score (nSPS) is 15.0. The molecule has 4 amide bonds. The Bertz CT molecular complexity index is 924. The van der Waals surface area contributed by atoms with E-state index in [1.54, 1.807) is 13.8 Å². The Morgan fingerprint density at radius 2 is 1.53 bits per heavy atom. The van der Waals surface area contributed by atoms with Crippen molar-refractivity contribution in [3.05, 3.63) is 29.8 Å². The molecule has 0 bridgehead atoms. The number of aliphatic hydroxyl groups is 1. The molecule has 0 spiro atoms. The Morgan fingerprint density at radius 3 is 2.03 bits per heavy atom. The zero-order valence-corrected chi connectivity index (χ0v) is 20.3. The van der Waals surface area contributed by atoms with Crippen molar-refractivity contribution in [1.82, 2.24) is 16.0 Å². The first-order valence-electron chi connectivity index (χ1n) is 11.5. The van der Waals surface area contributed by atoms with E-state index >= 15 is 0 Å². The predicted molar refractivity (Wildman–Crippen MR) is 128 cm³/mol. The van der Waals surface area contributed by atoms with Gasteiger partial charge in [0.15, 0.2) is 0 Å². The van der Waals surface area contributed by atoms with Crippen molar-refractivity contribution in [2.24, 2.45) is 17.4 Å². The minimum atomic E-state index is -1.43. The minimum absolute atomic E-state index is 0.0130. The van der Waals surface area contributed by atoms with Crippen LogP contribution in [0.5, 0.6) is 5.75 Å². The molecule has 5 atom stereocenters. The molecule has 36 heavy (non-hydrogen) atoms. The second-order valence-electron chi connectivity index (χ2n) is 8.50. The number of amides is 4. The lowest BCUT2D eigenvalue weighted by molar-refractivity contribution is -0.142. The molecule has 13 heteroatoms. The van der Waals surface area contributed by atoms with Crippen LogP contribution in [-0.4, -0.2) is 75.7 Å². The van der Waals surface area contributed by atoms with Crippen molar-refractivity contribution < 1.29 is 39.3 Å². The molecule has 1 rings (SSSR count). The fraction of sp³-hybridized carbons (Fsp3) is 0.522. The Labute approximate surface area is 208 Å². The lowest BCUT2D eigenvalue weighted by Gasteiger charge is -2.28. The van der Waals surface area contributed by atoms with Crippen molar-refractivity contribution in [2.75, 3.05) is 6.61 Å². The largest absolute Gasteiger partial charge is 0.508 e. The third-order valence-corrected chi connectivity index (χ3v) is 5.63. The molecular weight excluding hydrogens is 474 g/mol. The van der Waals surface area contributed by atoms with Crippen LogP contribution in [0.1, 0.15) is 38.7 Å². The highest BCUT2D eigenvalue weighted by molar-refractivity contribution is 5.94. The lowest BCUT2D eigenvalue weighted by atomic mass is 9.96. The smallest absolute Gasteiger partial charge is 0.326 e. The number of phenols is 1. The summed E-state index contributed by atoms with van der Waals surface area (Å²) in [6, 6.07) is 0.774. The van der Waals surface area contributed by atoms with E-state index in [1.807, 2.05) is 0 Å². The standard InChI is InChI=1S/C23H35N5O8/c1-3-12(2)19(28-20(32)15(24)11-29)22(34)27-17(10-13-4-6-14(30)7-5-13)21(33)26-16(23(35)36)8-9-18(25)31/h4-7,12,15-17,19,29-30H,3,8-11,24H2,1-2H3,(H2,25,31)(H,26,33)(H,27,34)(H,28,32)(H,35,36). The zero-order chi connectivity index (χ0) is 27.4. The number of nitrogens with one attached hydrogen (secondary N) is 3. The molecule has 0 saturated carbocycles. The second-order valence-corrected chi connectivity index (χ2v) is 8.50. The summed E-state index contributed by atoms with van der Waals surface area (Å²) in [6.07, 6.45) is -0.118. The molecular formula is C23H35N5O8. The van der Waals surface area contributed by atoms with Crippen LogP contribution in [0.2, 0.25) is 0 Å². The molecule has 0 fully saturated rings. The van der Waals surface area contributed by atoms with Crippen LogP contribution in [0.15, 0.2) is 24.3 Å². The van der Waals surface area contributed by atoms with Gasteiger partial charge >= 0.3 is 5.97 Å². The van der Waals surface area contributed by atoms with Gasteiger partial charge in [-0.25, -0.2) is 4.79 Å². The molecule has 0 radical (unpaired) electrons. The number of carbonyl (C=O) groups is 5. The van der Waals surface area contributed by atoms with Gasteiger partial charge in [0.1, 0.15) is 29.9 Å². The summed E-state index contributed by atoms with van der Waals surface area (Å²) in [7, 11) is 0. The Morgan fingerprint density at radius 1 is 0.944 bits per heavy atom. The molecule has 1 aromatic carbocycles. The number of carbonyl (C=O) groups excluding carboxylic acids is 4. The monoisotopic (exact) mass is 509 g/mol. The molecule has 0 aliphatic heterocycles. The number of carboxylic acids is 1. The number of aliphatic carboxylic acids is 1. The molecule has 1 aromatic rings. The van der Waals surface area contributed by atoms with Gasteiger partial charge in [-0.05, 0) is 30.0 Å². The minimum Gasteiger partial charge on any atom is -0.508 e. The highest BCUT2D eigenvalue weighted by atomic mass is 16.4. The Balaban J connectivity index is 3.18. The summed E-state index contributed by atoms with van der Waals surface area (Å²) < 4.78 is 0. The molecule has 0 aromatic heterocycles. The van der Waals surface area contributed by atoms with Crippen molar-refractivity contribution in [2.45, 2.75) is 63.7 Å². The van der Waals surface area contributed by atoms with Gasteiger partial charge in [-0.2, -0.15) is 0 Å². The van der Waals surface area contributed by atoms with Gasteiger partial charge in [0.2, 0.25) is 23.6 Å². The van der Waals surface area contributed by atoms with Crippen LogP contribution in [0, 0.1) is 5.92 Å². The molecule has 0 heterocycles. The number of carboxylic acid groups (broad SMARTS) is 1. The van der Waals surface area contributed by atoms with E-state index in [0.29, 0.717) is 12.0 Å². The number of nitrogens with two attached hydrogens (primary N) is 2. The van der Waals surface area contributed by atoms with Crippen molar-refractivity contribution in [3.63, 3.8) is 0 Å². The van der Waals surface area contributed by atoms with Crippen LogP contribution in [0.4, 0.5) is 0 Å². The van der Waals surface area contributed by atoms with Crippen molar-refractivity contribution in [1.29, 1.82) is 0 Å². The van der Waals surface area contributed by atoms with E-state index in [-0.39, 0.29) is 30.9 Å². The number of rotatable bonds is 15. The van der Waals surface area contributed by atoms with Gasteiger partial charge in [-0.1, -0.05) is 32.4 Å². The van der Waals surface area contributed by atoms with Gasteiger partial charge in [-0.3, -0.25) is 19.2 Å². The predicted octanol–water partition coefficient (Wildman–Crippen LogP) is -1.90. The molecule has 5 unspecified atom stereocenters. The summed E-state index contributed by atoms with van der Waals surface area (Å²) in [5.74, 6) is -4.82. The van der Waals surface area contributed by atoms with Gasteiger partial charge in [-0.15, -0.1) is 0 Å². The van der Waals surface area contributed by atoms with Crippen molar-refractivity contribution in [3.8, 4) is 5.75 Å². The van der Waals surface area contributed by atoms with E-state index in [1.165, 1.54) is 24.3 Å². The number of primary amides is 1. The SMILES string of the molecule is CCC(C)C(NC(=O)C(N)CO)C(=O)NC(Cc1ccc(O)cc1)C(=O)NC(CCC(N)=O)C(=O)O. The number of phenolic OH excluding ortho intramolecular Hbond substituents is 1. The number of benzene rings is 1. The van der Waals surface area contributed by atoms with Gasteiger partial charge < -0.3 is 42.7 Å². The van der Waals surface area contributed by atoms with Gasteiger partial charge in [0.25, 0.3) is 0 Å². The summed E-state index contributed by atoms with van der Waals surface area (Å²) in [5, 5.41) is 35.4. The van der Waals surface area contributed by atoms with Crippen LogP contribution < -0.4 is 27.4 Å². The zero-order valence-electron chi connectivity index (χ0n) is 20.3. The first kappa shape index (κ1) is 30.3. The van der Waals surface area contributed by atoms with Gasteiger partial charge in [0, 0.05) is 12.8 Å². The van der Waals surface area contributed by atoms with Crippen LogP contribution in [0.3, 0.4) is 0 Å². The topological polar surface area (TPSA) is 234 Å². The van der Waals surface area contributed by atoms with E-state index in [0.717, 1.165) is 0 Å². The number of hydrogen-bond acceptors (Lipinski definition) is 8. The van der Waals surface area contributed by atoms with Gasteiger partial charge in [0.05, 0.1) is 6.61 Å².